The first kappa shape index (κ1) is 14.1. The number of aromatic amines is 1. The molecule has 0 saturated carbocycles. The van der Waals surface area contributed by atoms with Gasteiger partial charge in [-0.3, -0.25) is 4.79 Å². The second-order valence-electron chi connectivity index (χ2n) is 5.66. The minimum absolute atomic E-state index is 0.0493. The molecule has 2 aromatic rings. The molecule has 0 spiro atoms. The second kappa shape index (κ2) is 6.28. The fourth-order valence-electron chi connectivity index (χ4n) is 2.95. The van der Waals surface area contributed by atoms with Crippen LogP contribution in [-0.4, -0.2) is 53.7 Å². The molecule has 0 radical (unpaired) electrons. The van der Waals surface area contributed by atoms with Gasteiger partial charge in [0.25, 0.3) is 5.91 Å². The number of aliphatic hydroxyl groups excluding tert-OH is 1. The van der Waals surface area contributed by atoms with Gasteiger partial charge in [-0.1, -0.05) is 18.2 Å². The maximum atomic E-state index is 12.2. The summed E-state index contributed by atoms with van der Waals surface area (Å²) in [6.45, 7) is 3.58. The van der Waals surface area contributed by atoms with Crippen LogP contribution in [0.4, 0.5) is 0 Å². The van der Waals surface area contributed by atoms with E-state index in [0.29, 0.717) is 18.2 Å². The van der Waals surface area contributed by atoms with Crippen molar-refractivity contribution in [2.45, 2.75) is 6.42 Å². The zero-order chi connectivity index (χ0) is 14.7. The van der Waals surface area contributed by atoms with E-state index in [0.717, 1.165) is 37.0 Å². The molecule has 1 aliphatic rings. The molecule has 5 heteroatoms. The Labute approximate surface area is 124 Å². The third-order valence-corrected chi connectivity index (χ3v) is 4.11. The lowest BCUT2D eigenvalue weighted by atomic mass is 10.1. The van der Waals surface area contributed by atoms with Crippen LogP contribution in [0.2, 0.25) is 0 Å². The van der Waals surface area contributed by atoms with E-state index in [1.165, 1.54) is 0 Å². The summed E-state index contributed by atoms with van der Waals surface area (Å²) in [5, 5.41) is 13.0. The highest BCUT2D eigenvalue weighted by Gasteiger charge is 2.22. The summed E-state index contributed by atoms with van der Waals surface area (Å²) in [7, 11) is 0. The maximum Gasteiger partial charge on any atom is 0.267 e. The minimum Gasteiger partial charge on any atom is -0.395 e. The molecule has 0 bridgehead atoms. The van der Waals surface area contributed by atoms with Crippen molar-refractivity contribution < 1.29 is 9.90 Å². The molecule has 1 fully saturated rings. The lowest BCUT2D eigenvalue weighted by molar-refractivity contribution is 0.0943. The lowest BCUT2D eigenvalue weighted by Gasteiger charge is -2.14. The van der Waals surface area contributed by atoms with Gasteiger partial charge in [-0.15, -0.1) is 0 Å². The monoisotopic (exact) mass is 287 g/mol. The standard InChI is InChI=1S/C16H21N3O2/c20-8-7-19-6-5-12(11-19)10-17-16(21)15-9-13-3-1-2-4-14(13)18-15/h1-4,9,12,18,20H,5-8,10-11H2,(H,17,21). The molecular formula is C16H21N3O2. The van der Waals surface area contributed by atoms with Gasteiger partial charge < -0.3 is 20.3 Å². The molecule has 112 valence electrons. The zero-order valence-electron chi connectivity index (χ0n) is 12.0. The molecular weight excluding hydrogens is 266 g/mol. The smallest absolute Gasteiger partial charge is 0.267 e. The average Bonchev–Trinajstić information content (AvgIpc) is 3.11. The Morgan fingerprint density at radius 3 is 3.10 bits per heavy atom. The van der Waals surface area contributed by atoms with Crippen LogP contribution in [0.15, 0.2) is 30.3 Å². The Morgan fingerprint density at radius 1 is 1.43 bits per heavy atom. The normalized spacial score (nSPS) is 19.2. The van der Waals surface area contributed by atoms with Crippen molar-refractivity contribution in [2.75, 3.05) is 32.8 Å². The van der Waals surface area contributed by atoms with Gasteiger partial charge in [-0.25, -0.2) is 0 Å². The summed E-state index contributed by atoms with van der Waals surface area (Å²) in [6.07, 6.45) is 1.08. The van der Waals surface area contributed by atoms with Crippen molar-refractivity contribution in [3.8, 4) is 0 Å². The van der Waals surface area contributed by atoms with Crippen LogP contribution in [0.25, 0.3) is 10.9 Å². The summed E-state index contributed by atoms with van der Waals surface area (Å²) in [5.41, 5.74) is 1.60. The van der Waals surface area contributed by atoms with Crippen LogP contribution in [0.3, 0.4) is 0 Å². The molecule has 5 nitrogen and oxygen atoms in total. The van der Waals surface area contributed by atoms with E-state index >= 15 is 0 Å². The minimum atomic E-state index is -0.0493. The van der Waals surface area contributed by atoms with Crippen molar-refractivity contribution in [2.24, 2.45) is 5.92 Å². The van der Waals surface area contributed by atoms with Gasteiger partial charge in [0, 0.05) is 30.5 Å². The van der Waals surface area contributed by atoms with Crippen LogP contribution < -0.4 is 5.32 Å². The number of para-hydroxylation sites is 1. The van der Waals surface area contributed by atoms with E-state index in [4.69, 9.17) is 5.11 Å². The molecule has 1 atom stereocenters. The number of likely N-dealkylation sites (tertiary alicyclic amines) is 1. The van der Waals surface area contributed by atoms with Gasteiger partial charge in [0.15, 0.2) is 0 Å². The zero-order valence-corrected chi connectivity index (χ0v) is 12.0. The molecule has 3 rings (SSSR count). The summed E-state index contributed by atoms with van der Waals surface area (Å²) in [4.78, 5) is 17.6. The third kappa shape index (κ3) is 3.25. The second-order valence-corrected chi connectivity index (χ2v) is 5.66. The largest absolute Gasteiger partial charge is 0.395 e. The van der Waals surface area contributed by atoms with Crippen molar-refractivity contribution in [3.05, 3.63) is 36.0 Å². The first-order chi connectivity index (χ1) is 10.3. The van der Waals surface area contributed by atoms with Gasteiger partial charge in [-0.2, -0.15) is 0 Å². The number of nitrogens with one attached hydrogen (secondary N) is 2. The van der Waals surface area contributed by atoms with Gasteiger partial charge in [0.2, 0.25) is 0 Å². The lowest BCUT2D eigenvalue weighted by Crippen LogP contribution is -2.31. The topological polar surface area (TPSA) is 68.4 Å². The number of aromatic nitrogens is 1. The molecule has 1 aromatic heterocycles. The highest BCUT2D eigenvalue weighted by atomic mass is 16.3. The van der Waals surface area contributed by atoms with Gasteiger partial charge in [0.1, 0.15) is 5.69 Å². The van der Waals surface area contributed by atoms with E-state index in [1.54, 1.807) is 0 Å². The fraction of sp³-hybridized carbons (Fsp3) is 0.438. The number of amides is 1. The number of aliphatic hydroxyl groups is 1. The van der Waals surface area contributed by atoms with E-state index in [2.05, 4.69) is 15.2 Å². The summed E-state index contributed by atoms with van der Waals surface area (Å²) >= 11 is 0. The van der Waals surface area contributed by atoms with Crippen molar-refractivity contribution in [1.82, 2.24) is 15.2 Å². The van der Waals surface area contributed by atoms with Crippen LogP contribution in [0.5, 0.6) is 0 Å². The SMILES string of the molecule is O=C(NCC1CCN(CCO)C1)c1cc2ccccc2[nH]1. The molecule has 1 aromatic carbocycles. The number of carbonyl (C=O) groups excluding carboxylic acids is 1. The summed E-state index contributed by atoms with van der Waals surface area (Å²) < 4.78 is 0. The first-order valence-electron chi connectivity index (χ1n) is 7.45. The average molecular weight is 287 g/mol. The van der Waals surface area contributed by atoms with E-state index in [-0.39, 0.29) is 12.5 Å². The number of nitrogens with zero attached hydrogens (tertiary/aromatic N) is 1. The number of hydrogen-bond acceptors (Lipinski definition) is 3. The highest BCUT2D eigenvalue weighted by molar-refractivity contribution is 5.97. The Kier molecular flexibility index (Phi) is 4.22. The number of H-pyrrole nitrogens is 1. The summed E-state index contributed by atoms with van der Waals surface area (Å²) in [6, 6.07) is 9.76. The number of carbonyl (C=O) groups is 1. The quantitative estimate of drug-likeness (QED) is 0.774. The highest BCUT2D eigenvalue weighted by Crippen LogP contribution is 2.16. The Hall–Kier alpha value is -1.85. The van der Waals surface area contributed by atoms with E-state index in [9.17, 15) is 4.79 Å². The summed E-state index contributed by atoms with van der Waals surface area (Å²) in [5.74, 6) is 0.427. The molecule has 21 heavy (non-hydrogen) atoms. The maximum absolute atomic E-state index is 12.2. The third-order valence-electron chi connectivity index (χ3n) is 4.11. The number of benzene rings is 1. The van der Waals surface area contributed by atoms with E-state index < -0.39 is 0 Å². The Bertz CT molecular complexity index is 590. The molecule has 3 N–H and O–H groups in total. The van der Waals surface area contributed by atoms with Crippen molar-refractivity contribution in [1.29, 1.82) is 0 Å². The van der Waals surface area contributed by atoms with Crippen molar-refractivity contribution in [3.63, 3.8) is 0 Å². The number of β-amino-alcohol motifs (C(OH)–C–C–N with tert-alkyl or cyclic N) is 1. The molecule has 1 aliphatic heterocycles. The van der Waals surface area contributed by atoms with Crippen LogP contribution in [-0.2, 0) is 0 Å². The Morgan fingerprint density at radius 2 is 2.29 bits per heavy atom. The number of rotatable bonds is 5. The van der Waals surface area contributed by atoms with Crippen LogP contribution >= 0.6 is 0 Å². The first-order valence-corrected chi connectivity index (χ1v) is 7.45. The van der Waals surface area contributed by atoms with Gasteiger partial charge in [0.05, 0.1) is 6.61 Å². The molecule has 2 heterocycles. The predicted molar refractivity (Wildman–Crippen MR) is 82.3 cm³/mol. The number of hydrogen-bond donors (Lipinski definition) is 3. The van der Waals surface area contributed by atoms with E-state index in [1.807, 2.05) is 30.3 Å². The number of fused-ring (bicyclic) bond motifs is 1. The fourth-order valence-corrected chi connectivity index (χ4v) is 2.95. The van der Waals surface area contributed by atoms with Crippen molar-refractivity contribution >= 4 is 16.8 Å². The van der Waals surface area contributed by atoms with Gasteiger partial charge >= 0.3 is 0 Å². The van der Waals surface area contributed by atoms with Gasteiger partial charge in [-0.05, 0) is 31.0 Å². The predicted octanol–water partition coefficient (Wildman–Crippen LogP) is 1.21. The van der Waals surface area contributed by atoms with Crippen LogP contribution in [0.1, 0.15) is 16.9 Å². The molecule has 1 saturated heterocycles. The molecule has 0 aliphatic carbocycles. The molecule has 1 unspecified atom stereocenters. The Balaban J connectivity index is 1.54. The van der Waals surface area contributed by atoms with Crippen LogP contribution in [0, 0.1) is 5.92 Å². The molecule has 1 amide bonds.